The van der Waals surface area contributed by atoms with Gasteiger partial charge in [0.2, 0.25) is 5.89 Å². The van der Waals surface area contributed by atoms with Crippen LogP contribution in [0.15, 0.2) is 46.2 Å². The molecule has 0 aliphatic carbocycles. The maximum atomic E-state index is 11.3. The van der Waals surface area contributed by atoms with Crippen LogP contribution in [0.4, 0.5) is 0 Å². The third-order valence-electron chi connectivity index (χ3n) is 4.51. The van der Waals surface area contributed by atoms with Gasteiger partial charge in [0.05, 0.1) is 4.88 Å². The monoisotopic (exact) mass is 416 g/mol. The largest absolute Gasteiger partial charge is 0.487 e. The van der Waals surface area contributed by atoms with Crippen LogP contribution in [0.2, 0.25) is 0 Å². The van der Waals surface area contributed by atoms with Crippen LogP contribution in [0.5, 0.6) is 5.75 Å². The van der Waals surface area contributed by atoms with Crippen molar-refractivity contribution in [2.45, 2.75) is 25.4 Å². The Balaban J connectivity index is 1.36. The number of aliphatic carboxylic acids is 1. The van der Waals surface area contributed by atoms with Crippen molar-refractivity contribution in [3.8, 4) is 16.5 Å². The van der Waals surface area contributed by atoms with Gasteiger partial charge in [-0.2, -0.15) is 0 Å². The summed E-state index contributed by atoms with van der Waals surface area (Å²) in [5, 5.41) is 10.8. The van der Waals surface area contributed by atoms with Crippen molar-refractivity contribution in [2.75, 3.05) is 12.3 Å². The van der Waals surface area contributed by atoms with E-state index in [1.807, 2.05) is 53.6 Å². The molecule has 1 N–H and O–H groups in total. The number of benzene rings is 1. The van der Waals surface area contributed by atoms with Crippen molar-refractivity contribution in [1.82, 2.24) is 9.88 Å². The van der Waals surface area contributed by atoms with Crippen LogP contribution in [0.25, 0.3) is 10.8 Å². The predicted molar refractivity (Wildman–Crippen MR) is 110 cm³/mol. The Kier molecular flexibility index (Phi) is 5.70. The van der Waals surface area contributed by atoms with E-state index in [0.717, 1.165) is 39.9 Å². The zero-order valence-electron chi connectivity index (χ0n) is 15.3. The second-order valence-electron chi connectivity index (χ2n) is 6.46. The topological polar surface area (TPSA) is 75.8 Å². The van der Waals surface area contributed by atoms with Crippen molar-refractivity contribution < 1.29 is 19.1 Å². The van der Waals surface area contributed by atoms with Gasteiger partial charge in [-0.15, -0.1) is 23.1 Å². The highest BCUT2D eigenvalue weighted by atomic mass is 32.2. The maximum Gasteiger partial charge on any atom is 0.331 e. The van der Waals surface area contributed by atoms with Gasteiger partial charge in [-0.1, -0.05) is 18.2 Å². The summed E-state index contributed by atoms with van der Waals surface area (Å²) in [5.41, 5.74) is 1.85. The summed E-state index contributed by atoms with van der Waals surface area (Å²) in [6.07, 6.45) is 0. The van der Waals surface area contributed by atoms with E-state index in [0.29, 0.717) is 19.0 Å². The van der Waals surface area contributed by atoms with Crippen LogP contribution in [-0.4, -0.2) is 38.6 Å². The molecule has 4 rings (SSSR count). The first kappa shape index (κ1) is 19.0. The molecular weight excluding hydrogens is 396 g/mol. The van der Waals surface area contributed by atoms with Crippen LogP contribution < -0.4 is 4.74 Å². The number of nitrogens with zero attached hydrogens (tertiary/aromatic N) is 2. The third-order valence-corrected chi connectivity index (χ3v) is 6.60. The number of hydrogen-bond donors (Lipinski definition) is 1. The van der Waals surface area contributed by atoms with Gasteiger partial charge in [-0.3, -0.25) is 4.90 Å². The van der Waals surface area contributed by atoms with Gasteiger partial charge in [-0.05, 0) is 36.1 Å². The average molecular weight is 417 g/mol. The van der Waals surface area contributed by atoms with E-state index in [4.69, 9.17) is 9.15 Å². The highest BCUT2D eigenvalue weighted by molar-refractivity contribution is 8.00. The summed E-state index contributed by atoms with van der Waals surface area (Å²) < 4.78 is 11.6. The number of aromatic nitrogens is 1. The molecule has 1 saturated heterocycles. The summed E-state index contributed by atoms with van der Waals surface area (Å²) in [7, 11) is 0. The predicted octanol–water partition coefficient (Wildman–Crippen LogP) is 4.25. The number of thiophene rings is 1. The molecule has 0 spiro atoms. The second kappa shape index (κ2) is 8.38. The van der Waals surface area contributed by atoms with Crippen LogP contribution in [0.3, 0.4) is 0 Å². The van der Waals surface area contributed by atoms with Gasteiger partial charge in [0.25, 0.3) is 0 Å². The zero-order valence-corrected chi connectivity index (χ0v) is 17.0. The Morgan fingerprint density at radius 3 is 2.89 bits per heavy atom. The minimum atomic E-state index is -0.771. The Morgan fingerprint density at radius 2 is 2.18 bits per heavy atom. The first-order valence-electron chi connectivity index (χ1n) is 8.90. The summed E-state index contributed by atoms with van der Waals surface area (Å²) in [6, 6.07) is 11.7. The number of hydrogen-bond acceptors (Lipinski definition) is 7. The van der Waals surface area contributed by atoms with E-state index in [1.165, 1.54) is 11.8 Å². The Hall–Kier alpha value is -2.29. The normalized spacial score (nSPS) is 17.1. The Morgan fingerprint density at radius 1 is 1.36 bits per heavy atom. The SMILES string of the molecule is Cc1oc(-c2cccs2)nc1COc1ccc(CN2CCSC2C(=O)O)cc1. The summed E-state index contributed by atoms with van der Waals surface area (Å²) in [4.78, 5) is 18.8. The van der Waals surface area contributed by atoms with E-state index in [2.05, 4.69) is 4.98 Å². The van der Waals surface area contributed by atoms with Crippen molar-refractivity contribution in [3.63, 3.8) is 0 Å². The fourth-order valence-corrected chi connectivity index (χ4v) is 4.78. The first-order valence-corrected chi connectivity index (χ1v) is 10.8. The van der Waals surface area contributed by atoms with Gasteiger partial charge in [0, 0.05) is 18.8 Å². The highest BCUT2D eigenvalue weighted by Crippen LogP contribution is 2.28. The minimum absolute atomic E-state index is 0.337. The molecule has 0 bridgehead atoms. The number of carboxylic acids is 1. The lowest BCUT2D eigenvalue weighted by molar-refractivity contribution is -0.139. The second-order valence-corrected chi connectivity index (χ2v) is 8.60. The zero-order chi connectivity index (χ0) is 19.5. The summed E-state index contributed by atoms with van der Waals surface area (Å²) in [6.45, 7) is 3.64. The number of carbonyl (C=O) groups is 1. The fourth-order valence-electron chi connectivity index (χ4n) is 3.04. The smallest absolute Gasteiger partial charge is 0.331 e. The maximum absolute atomic E-state index is 11.3. The molecule has 1 aliphatic rings. The summed E-state index contributed by atoms with van der Waals surface area (Å²) in [5.74, 6) is 2.20. The molecule has 1 aliphatic heterocycles. The van der Waals surface area contributed by atoms with E-state index in [-0.39, 0.29) is 0 Å². The molecule has 0 radical (unpaired) electrons. The molecule has 146 valence electrons. The number of carboxylic acid groups (broad SMARTS) is 1. The molecule has 2 aromatic heterocycles. The molecule has 0 saturated carbocycles. The van der Waals surface area contributed by atoms with E-state index < -0.39 is 11.3 Å². The molecule has 1 atom stereocenters. The van der Waals surface area contributed by atoms with Crippen LogP contribution in [0.1, 0.15) is 17.0 Å². The Bertz CT molecular complexity index is 938. The summed E-state index contributed by atoms with van der Waals surface area (Å²) >= 11 is 3.07. The van der Waals surface area contributed by atoms with Crippen LogP contribution in [0, 0.1) is 6.92 Å². The number of aryl methyl sites for hydroxylation is 1. The fraction of sp³-hybridized carbons (Fsp3) is 0.300. The number of rotatable bonds is 7. The molecule has 1 unspecified atom stereocenters. The molecule has 1 aromatic carbocycles. The van der Waals surface area contributed by atoms with Crippen molar-refractivity contribution in [2.24, 2.45) is 0 Å². The molecule has 3 heterocycles. The molecule has 1 fully saturated rings. The number of thioether (sulfide) groups is 1. The van der Waals surface area contributed by atoms with Gasteiger partial charge >= 0.3 is 5.97 Å². The average Bonchev–Trinajstić information content (AvgIpc) is 3.42. The minimum Gasteiger partial charge on any atom is -0.487 e. The number of oxazole rings is 1. The quantitative estimate of drug-likeness (QED) is 0.617. The lowest BCUT2D eigenvalue weighted by Gasteiger charge is -2.20. The Labute approximate surface area is 171 Å². The third kappa shape index (κ3) is 4.24. The van der Waals surface area contributed by atoms with Crippen molar-refractivity contribution >= 4 is 29.1 Å². The van der Waals surface area contributed by atoms with Gasteiger partial charge in [-0.25, -0.2) is 9.78 Å². The molecule has 6 nitrogen and oxygen atoms in total. The van der Waals surface area contributed by atoms with Crippen LogP contribution in [-0.2, 0) is 17.9 Å². The van der Waals surface area contributed by atoms with Gasteiger partial charge in [0.15, 0.2) is 5.37 Å². The standard InChI is InChI=1S/C20H20N2O4S2/c1-13-16(21-18(26-13)17-3-2-9-27-17)12-25-15-6-4-14(5-7-15)11-22-8-10-28-19(22)20(23)24/h2-7,9,19H,8,10-12H2,1H3,(H,23,24). The molecule has 3 aromatic rings. The van der Waals surface area contributed by atoms with E-state index >= 15 is 0 Å². The molecular formula is C20H20N2O4S2. The number of ether oxygens (including phenoxy) is 1. The lowest BCUT2D eigenvalue weighted by Crippen LogP contribution is -2.33. The van der Waals surface area contributed by atoms with Gasteiger partial charge < -0.3 is 14.3 Å². The van der Waals surface area contributed by atoms with Crippen LogP contribution >= 0.6 is 23.1 Å². The first-order chi connectivity index (χ1) is 13.6. The highest BCUT2D eigenvalue weighted by Gasteiger charge is 2.30. The van der Waals surface area contributed by atoms with E-state index in [1.54, 1.807) is 11.3 Å². The molecule has 0 amide bonds. The van der Waals surface area contributed by atoms with Crippen molar-refractivity contribution in [1.29, 1.82) is 0 Å². The molecule has 8 heteroatoms. The van der Waals surface area contributed by atoms with E-state index in [9.17, 15) is 9.90 Å². The van der Waals surface area contributed by atoms with Crippen molar-refractivity contribution in [3.05, 3.63) is 58.8 Å². The molecule has 28 heavy (non-hydrogen) atoms. The van der Waals surface area contributed by atoms with Gasteiger partial charge in [0.1, 0.15) is 23.8 Å². The lowest BCUT2D eigenvalue weighted by atomic mass is 10.2.